The van der Waals surface area contributed by atoms with Crippen LogP contribution >= 0.6 is 27.7 Å². The number of amides is 1. The van der Waals surface area contributed by atoms with Gasteiger partial charge in [0.2, 0.25) is 5.91 Å². The number of halogens is 1. The van der Waals surface area contributed by atoms with Gasteiger partial charge >= 0.3 is 0 Å². The molecule has 0 atom stereocenters. The van der Waals surface area contributed by atoms with Crippen LogP contribution in [0.5, 0.6) is 11.5 Å². The van der Waals surface area contributed by atoms with Crippen LogP contribution < -0.4 is 14.8 Å². The summed E-state index contributed by atoms with van der Waals surface area (Å²) in [6, 6.07) is 11.6. The number of benzene rings is 2. The van der Waals surface area contributed by atoms with Crippen LogP contribution in [-0.2, 0) is 17.8 Å². The van der Waals surface area contributed by atoms with Crippen LogP contribution in [0.4, 0.5) is 5.69 Å². The monoisotopic (exact) mass is 544 g/mol. The van der Waals surface area contributed by atoms with Gasteiger partial charge in [-0.05, 0) is 61.7 Å². The summed E-state index contributed by atoms with van der Waals surface area (Å²) in [5, 5.41) is 12.2. The fourth-order valence-electron chi connectivity index (χ4n) is 3.35. The Morgan fingerprint density at radius 3 is 2.74 bits per heavy atom. The predicted molar refractivity (Wildman–Crippen MR) is 140 cm³/mol. The Bertz CT molecular complexity index is 1150. The topological polar surface area (TPSA) is 78.3 Å². The van der Waals surface area contributed by atoms with Crippen LogP contribution in [0.25, 0.3) is 0 Å². The maximum absolute atomic E-state index is 12.6. The number of rotatable bonds is 12. The fourth-order valence-corrected chi connectivity index (χ4v) is 4.59. The second-order valence-electron chi connectivity index (χ2n) is 7.70. The SMILES string of the molecule is C=CCn1c(CCCOc2ccc(Br)cc2C)nnc1SCC(=O)Nc1cc(C)ccc1OC. The summed E-state index contributed by atoms with van der Waals surface area (Å²) in [6.07, 6.45) is 3.31. The molecule has 9 heteroatoms. The van der Waals surface area contributed by atoms with Gasteiger partial charge in [0.25, 0.3) is 0 Å². The molecule has 7 nitrogen and oxygen atoms in total. The first-order valence-electron chi connectivity index (χ1n) is 10.9. The molecule has 0 radical (unpaired) electrons. The average Bonchev–Trinajstić information content (AvgIpc) is 3.18. The van der Waals surface area contributed by atoms with Gasteiger partial charge in [-0.25, -0.2) is 0 Å². The molecule has 1 aromatic heterocycles. The molecule has 0 saturated heterocycles. The van der Waals surface area contributed by atoms with Gasteiger partial charge < -0.3 is 19.4 Å². The molecule has 3 aromatic rings. The van der Waals surface area contributed by atoms with Crippen LogP contribution in [-0.4, -0.2) is 40.1 Å². The van der Waals surface area contributed by atoms with E-state index in [-0.39, 0.29) is 11.7 Å². The quantitative estimate of drug-likeness (QED) is 0.182. The molecular weight excluding hydrogens is 516 g/mol. The molecule has 0 aliphatic carbocycles. The minimum Gasteiger partial charge on any atom is -0.495 e. The number of allylic oxidation sites excluding steroid dienone is 1. The number of thioether (sulfide) groups is 1. The normalized spacial score (nSPS) is 10.7. The predicted octanol–water partition coefficient (Wildman–Crippen LogP) is 5.59. The van der Waals surface area contributed by atoms with E-state index in [1.165, 1.54) is 11.8 Å². The third-order valence-corrected chi connectivity index (χ3v) is 6.47. The van der Waals surface area contributed by atoms with E-state index in [2.05, 4.69) is 38.0 Å². The number of nitrogens with one attached hydrogen (secondary N) is 1. The highest BCUT2D eigenvalue weighted by molar-refractivity contribution is 9.10. The van der Waals surface area contributed by atoms with Crippen LogP contribution in [0.15, 0.2) is 58.7 Å². The number of carbonyl (C=O) groups is 1. The number of methoxy groups -OCH3 is 1. The first-order chi connectivity index (χ1) is 16.4. The summed E-state index contributed by atoms with van der Waals surface area (Å²) in [7, 11) is 1.58. The fraction of sp³-hybridized carbons (Fsp3) is 0.320. The van der Waals surface area contributed by atoms with Crippen molar-refractivity contribution in [2.24, 2.45) is 0 Å². The zero-order chi connectivity index (χ0) is 24.5. The van der Waals surface area contributed by atoms with Crippen molar-refractivity contribution in [2.75, 3.05) is 24.8 Å². The molecule has 0 aliphatic heterocycles. The number of carbonyl (C=O) groups excluding carboxylic acids is 1. The second-order valence-corrected chi connectivity index (χ2v) is 9.56. The molecule has 0 bridgehead atoms. The molecule has 3 rings (SSSR count). The van der Waals surface area contributed by atoms with Gasteiger partial charge in [-0.3, -0.25) is 4.79 Å². The Kier molecular flexibility index (Phi) is 9.59. The van der Waals surface area contributed by atoms with Gasteiger partial charge in [0, 0.05) is 17.4 Å². The number of aromatic nitrogens is 3. The molecule has 2 aromatic carbocycles. The van der Waals surface area contributed by atoms with Gasteiger partial charge in [-0.15, -0.1) is 16.8 Å². The Labute approximate surface area is 213 Å². The maximum atomic E-state index is 12.6. The van der Waals surface area contributed by atoms with E-state index in [0.717, 1.165) is 33.6 Å². The Morgan fingerprint density at radius 2 is 2.00 bits per heavy atom. The largest absolute Gasteiger partial charge is 0.495 e. The number of hydrogen-bond donors (Lipinski definition) is 1. The highest BCUT2D eigenvalue weighted by Crippen LogP contribution is 2.26. The first kappa shape index (κ1) is 25.8. The second kappa shape index (κ2) is 12.6. The van der Waals surface area contributed by atoms with Gasteiger partial charge in [-0.2, -0.15) is 0 Å². The minimum absolute atomic E-state index is 0.137. The van der Waals surface area contributed by atoms with E-state index >= 15 is 0 Å². The maximum Gasteiger partial charge on any atom is 0.234 e. The zero-order valence-corrected chi connectivity index (χ0v) is 22.0. The summed E-state index contributed by atoms with van der Waals surface area (Å²) < 4.78 is 14.3. The molecule has 0 fully saturated rings. The molecule has 1 heterocycles. The minimum atomic E-state index is -0.137. The van der Waals surface area contributed by atoms with E-state index in [9.17, 15) is 4.79 Å². The van der Waals surface area contributed by atoms with Crippen molar-refractivity contribution in [1.29, 1.82) is 0 Å². The Balaban J connectivity index is 1.55. The van der Waals surface area contributed by atoms with Crippen LogP contribution in [0, 0.1) is 13.8 Å². The molecule has 0 spiro atoms. The third kappa shape index (κ3) is 7.11. The summed E-state index contributed by atoms with van der Waals surface area (Å²) in [5.74, 6) is 2.42. The van der Waals surface area contributed by atoms with Crippen LogP contribution in [0.3, 0.4) is 0 Å². The molecule has 34 heavy (non-hydrogen) atoms. The van der Waals surface area contributed by atoms with Crippen molar-refractivity contribution < 1.29 is 14.3 Å². The lowest BCUT2D eigenvalue weighted by atomic mass is 10.2. The van der Waals surface area contributed by atoms with Gasteiger partial charge in [0.05, 0.1) is 25.2 Å². The molecular formula is C25H29BrN4O3S. The lowest BCUT2D eigenvalue weighted by Crippen LogP contribution is -2.15. The molecule has 0 saturated carbocycles. The standard InChI is InChI=1S/C25H29BrN4O3S/c1-5-12-30-23(7-6-13-33-21-11-9-19(26)15-18(21)3)28-29-25(30)34-16-24(31)27-20-14-17(2)8-10-22(20)32-4/h5,8-11,14-15H,1,6-7,12-13,16H2,2-4H3,(H,27,31). The Morgan fingerprint density at radius 1 is 1.21 bits per heavy atom. The third-order valence-electron chi connectivity index (χ3n) is 5.01. The summed E-state index contributed by atoms with van der Waals surface area (Å²) in [6.45, 7) is 8.98. The highest BCUT2D eigenvalue weighted by Gasteiger charge is 2.15. The zero-order valence-electron chi connectivity index (χ0n) is 19.6. The molecule has 1 amide bonds. The van der Waals surface area contributed by atoms with Crippen molar-refractivity contribution >= 4 is 39.3 Å². The van der Waals surface area contributed by atoms with E-state index < -0.39 is 0 Å². The summed E-state index contributed by atoms with van der Waals surface area (Å²) in [4.78, 5) is 12.6. The van der Waals surface area contributed by atoms with Crippen molar-refractivity contribution in [3.05, 3.63) is 70.5 Å². The first-order valence-corrected chi connectivity index (χ1v) is 12.7. The number of anilines is 1. The summed E-state index contributed by atoms with van der Waals surface area (Å²) >= 11 is 4.81. The molecule has 0 unspecified atom stereocenters. The lowest BCUT2D eigenvalue weighted by Gasteiger charge is -2.11. The van der Waals surface area contributed by atoms with Crippen molar-refractivity contribution in [2.45, 2.75) is 38.4 Å². The van der Waals surface area contributed by atoms with Crippen LogP contribution in [0.2, 0.25) is 0 Å². The van der Waals surface area contributed by atoms with Gasteiger partial charge in [-0.1, -0.05) is 39.8 Å². The van der Waals surface area contributed by atoms with E-state index in [0.29, 0.717) is 36.2 Å². The van der Waals surface area contributed by atoms with Crippen LogP contribution in [0.1, 0.15) is 23.4 Å². The summed E-state index contributed by atoms with van der Waals surface area (Å²) in [5.41, 5.74) is 2.78. The van der Waals surface area contributed by atoms with Crippen molar-refractivity contribution in [1.82, 2.24) is 14.8 Å². The van der Waals surface area contributed by atoms with Gasteiger partial charge in [0.1, 0.15) is 17.3 Å². The average molecular weight is 546 g/mol. The lowest BCUT2D eigenvalue weighted by molar-refractivity contribution is -0.113. The number of ether oxygens (including phenoxy) is 2. The molecule has 1 N–H and O–H groups in total. The smallest absolute Gasteiger partial charge is 0.234 e. The van der Waals surface area contributed by atoms with E-state index in [1.54, 1.807) is 13.2 Å². The number of aryl methyl sites for hydroxylation is 3. The van der Waals surface area contributed by atoms with E-state index in [4.69, 9.17) is 9.47 Å². The van der Waals surface area contributed by atoms with Gasteiger partial charge in [0.15, 0.2) is 5.16 Å². The van der Waals surface area contributed by atoms with Crippen molar-refractivity contribution in [3.63, 3.8) is 0 Å². The Hall–Kier alpha value is -2.78. The molecule has 180 valence electrons. The molecule has 0 aliphatic rings. The number of nitrogens with zero attached hydrogens (tertiary/aromatic N) is 3. The van der Waals surface area contributed by atoms with E-state index in [1.807, 2.05) is 54.8 Å². The highest BCUT2D eigenvalue weighted by atomic mass is 79.9. The van der Waals surface area contributed by atoms with Crippen molar-refractivity contribution in [3.8, 4) is 11.5 Å². The number of hydrogen-bond acceptors (Lipinski definition) is 6.